The maximum absolute atomic E-state index is 12.2. The van der Waals surface area contributed by atoms with Crippen LogP contribution in [-0.2, 0) is 4.79 Å². The molecular formula is C12H12BrN3O3. The van der Waals surface area contributed by atoms with Gasteiger partial charge in [0.1, 0.15) is 16.5 Å². The molecule has 1 aromatic heterocycles. The number of amides is 2. The number of nitrogens with zero attached hydrogens (tertiary/aromatic N) is 2. The topological polar surface area (TPSA) is 82.5 Å². The van der Waals surface area contributed by atoms with Gasteiger partial charge in [-0.05, 0) is 46.3 Å². The van der Waals surface area contributed by atoms with Gasteiger partial charge in [-0.3, -0.25) is 9.69 Å². The zero-order valence-corrected chi connectivity index (χ0v) is 11.5. The van der Waals surface area contributed by atoms with E-state index in [1.807, 2.05) is 0 Å². The van der Waals surface area contributed by atoms with E-state index in [0.717, 1.165) is 6.42 Å². The van der Waals surface area contributed by atoms with Crippen molar-refractivity contribution in [3.63, 3.8) is 0 Å². The summed E-state index contributed by atoms with van der Waals surface area (Å²) >= 11 is 3.22. The second-order valence-corrected chi connectivity index (χ2v) is 5.69. The van der Waals surface area contributed by atoms with E-state index in [0.29, 0.717) is 22.9 Å². The van der Waals surface area contributed by atoms with Crippen molar-refractivity contribution in [3.05, 3.63) is 22.8 Å². The molecular weight excluding hydrogens is 314 g/mol. The maximum atomic E-state index is 12.2. The molecule has 2 heterocycles. The molecule has 1 aliphatic heterocycles. The molecule has 3 atom stereocenters. The van der Waals surface area contributed by atoms with Crippen molar-refractivity contribution >= 4 is 33.7 Å². The lowest BCUT2D eigenvalue weighted by Gasteiger charge is -2.23. The van der Waals surface area contributed by atoms with Crippen LogP contribution in [0.4, 0.5) is 10.6 Å². The minimum absolute atomic E-state index is 0.170. The zero-order chi connectivity index (χ0) is 13.6. The van der Waals surface area contributed by atoms with Gasteiger partial charge in [0, 0.05) is 6.54 Å². The Morgan fingerprint density at radius 2 is 2.26 bits per heavy atom. The highest BCUT2D eigenvalue weighted by Crippen LogP contribution is 2.49. The largest absolute Gasteiger partial charge is 0.465 e. The Bertz CT molecular complexity index is 551. The number of aromatic nitrogens is 1. The Morgan fingerprint density at radius 3 is 2.95 bits per heavy atom. The number of piperidine rings is 1. The van der Waals surface area contributed by atoms with Crippen molar-refractivity contribution < 1.29 is 14.7 Å². The van der Waals surface area contributed by atoms with Crippen LogP contribution in [0.3, 0.4) is 0 Å². The number of halogens is 1. The molecule has 1 aromatic rings. The normalized spacial score (nSPS) is 27.8. The van der Waals surface area contributed by atoms with Gasteiger partial charge in [-0.2, -0.15) is 0 Å². The van der Waals surface area contributed by atoms with Gasteiger partial charge in [0.05, 0.1) is 0 Å². The van der Waals surface area contributed by atoms with Gasteiger partial charge in [-0.1, -0.05) is 6.07 Å². The van der Waals surface area contributed by atoms with Crippen LogP contribution in [0.2, 0.25) is 0 Å². The highest BCUT2D eigenvalue weighted by atomic mass is 79.9. The predicted octanol–water partition coefficient (Wildman–Crippen LogP) is 1.78. The van der Waals surface area contributed by atoms with Crippen molar-refractivity contribution in [2.75, 3.05) is 11.9 Å². The molecule has 1 saturated carbocycles. The number of nitrogens with one attached hydrogen (secondary N) is 1. The monoisotopic (exact) mass is 325 g/mol. The van der Waals surface area contributed by atoms with E-state index in [2.05, 4.69) is 26.2 Å². The summed E-state index contributed by atoms with van der Waals surface area (Å²) in [7, 11) is 0. The van der Waals surface area contributed by atoms with Crippen LogP contribution in [0.1, 0.15) is 6.42 Å². The van der Waals surface area contributed by atoms with Crippen molar-refractivity contribution in [1.82, 2.24) is 9.88 Å². The maximum Gasteiger partial charge on any atom is 0.407 e. The van der Waals surface area contributed by atoms with Gasteiger partial charge in [-0.15, -0.1) is 0 Å². The highest BCUT2D eigenvalue weighted by molar-refractivity contribution is 9.10. The van der Waals surface area contributed by atoms with Crippen LogP contribution in [0.5, 0.6) is 0 Å². The first-order valence-electron chi connectivity index (χ1n) is 5.99. The number of carbonyl (C=O) groups excluding carboxylic acids is 1. The fourth-order valence-corrected chi connectivity index (χ4v) is 3.02. The third kappa shape index (κ3) is 2.30. The lowest BCUT2D eigenvalue weighted by atomic mass is 10.1. The Labute approximate surface area is 117 Å². The number of likely N-dealkylation sites (tertiary alicyclic amines) is 1. The number of anilines is 1. The molecule has 6 nitrogen and oxygen atoms in total. The summed E-state index contributed by atoms with van der Waals surface area (Å²) in [5, 5.41) is 11.8. The zero-order valence-electron chi connectivity index (χ0n) is 9.91. The average Bonchev–Trinajstić information content (AvgIpc) is 2.99. The Morgan fingerprint density at radius 1 is 1.47 bits per heavy atom. The minimum atomic E-state index is -1.03. The molecule has 19 heavy (non-hydrogen) atoms. The van der Waals surface area contributed by atoms with Gasteiger partial charge in [0.2, 0.25) is 5.91 Å². The van der Waals surface area contributed by atoms with Crippen molar-refractivity contribution in [2.24, 2.45) is 11.8 Å². The summed E-state index contributed by atoms with van der Waals surface area (Å²) < 4.78 is 0.621. The summed E-state index contributed by atoms with van der Waals surface area (Å²) in [4.78, 5) is 28.7. The van der Waals surface area contributed by atoms with E-state index in [4.69, 9.17) is 5.11 Å². The molecule has 3 rings (SSSR count). The number of carbonyl (C=O) groups is 2. The van der Waals surface area contributed by atoms with Crippen molar-refractivity contribution in [2.45, 2.75) is 12.5 Å². The summed E-state index contributed by atoms with van der Waals surface area (Å²) in [5.41, 5.74) is 0. The van der Waals surface area contributed by atoms with E-state index in [1.165, 1.54) is 4.90 Å². The van der Waals surface area contributed by atoms with Crippen LogP contribution in [0.25, 0.3) is 0 Å². The fraction of sp³-hybridized carbons (Fsp3) is 0.417. The van der Waals surface area contributed by atoms with Gasteiger partial charge in [0.15, 0.2) is 0 Å². The lowest BCUT2D eigenvalue weighted by Crippen LogP contribution is -2.45. The Hall–Kier alpha value is -1.63. The first-order valence-corrected chi connectivity index (χ1v) is 6.78. The summed E-state index contributed by atoms with van der Waals surface area (Å²) in [6.07, 6.45) is -0.0945. The van der Waals surface area contributed by atoms with Crippen molar-refractivity contribution in [3.8, 4) is 0 Å². The van der Waals surface area contributed by atoms with Crippen LogP contribution in [0.15, 0.2) is 22.8 Å². The number of hydrogen-bond donors (Lipinski definition) is 2. The highest BCUT2D eigenvalue weighted by Gasteiger charge is 2.57. The van der Waals surface area contributed by atoms with Gasteiger partial charge in [0.25, 0.3) is 0 Å². The van der Waals surface area contributed by atoms with E-state index in [1.54, 1.807) is 18.2 Å². The van der Waals surface area contributed by atoms with Crippen LogP contribution < -0.4 is 5.32 Å². The van der Waals surface area contributed by atoms with E-state index < -0.39 is 12.1 Å². The molecule has 0 unspecified atom stereocenters. The number of fused-ring (bicyclic) bond motifs is 1. The summed E-state index contributed by atoms with van der Waals surface area (Å²) in [5.74, 6) is 0.650. The third-order valence-corrected chi connectivity index (χ3v) is 4.07. The Balaban J connectivity index is 1.74. The molecule has 2 fully saturated rings. The molecule has 0 aromatic carbocycles. The summed E-state index contributed by atoms with van der Waals surface area (Å²) in [6.45, 7) is 0.462. The summed E-state index contributed by atoms with van der Waals surface area (Å²) in [6, 6.07) is 4.61. The molecule has 1 aliphatic carbocycles. The van der Waals surface area contributed by atoms with Gasteiger partial charge in [-0.25, -0.2) is 9.78 Å². The molecule has 2 aliphatic rings. The Kier molecular flexibility index (Phi) is 2.93. The van der Waals surface area contributed by atoms with E-state index in [9.17, 15) is 9.59 Å². The molecule has 1 saturated heterocycles. The SMILES string of the molecule is O=C(Nc1cccc(Br)n1)[C@@H]1[C@H]2C[C@H]2CN1C(=O)O. The van der Waals surface area contributed by atoms with Crippen LogP contribution in [-0.4, -0.2) is 39.6 Å². The fourth-order valence-electron chi connectivity index (χ4n) is 2.68. The second kappa shape index (κ2) is 4.48. The van der Waals surface area contributed by atoms with E-state index >= 15 is 0 Å². The van der Waals surface area contributed by atoms with Crippen molar-refractivity contribution in [1.29, 1.82) is 0 Å². The smallest absolute Gasteiger partial charge is 0.407 e. The first kappa shape index (κ1) is 12.4. The van der Waals surface area contributed by atoms with E-state index in [-0.39, 0.29) is 11.8 Å². The molecule has 0 bridgehead atoms. The molecule has 100 valence electrons. The average molecular weight is 326 g/mol. The van der Waals surface area contributed by atoms with Gasteiger partial charge < -0.3 is 10.4 Å². The van der Waals surface area contributed by atoms with Crippen LogP contribution >= 0.6 is 15.9 Å². The quantitative estimate of drug-likeness (QED) is 0.812. The van der Waals surface area contributed by atoms with Crippen LogP contribution in [0, 0.1) is 11.8 Å². The second-order valence-electron chi connectivity index (χ2n) is 4.87. The predicted molar refractivity (Wildman–Crippen MR) is 70.7 cm³/mol. The first-order chi connectivity index (χ1) is 9.06. The number of pyridine rings is 1. The number of rotatable bonds is 2. The minimum Gasteiger partial charge on any atom is -0.465 e. The van der Waals surface area contributed by atoms with Gasteiger partial charge >= 0.3 is 6.09 Å². The molecule has 0 radical (unpaired) electrons. The lowest BCUT2D eigenvalue weighted by molar-refractivity contribution is -0.120. The molecule has 2 amide bonds. The number of carboxylic acid groups (broad SMARTS) is 1. The number of hydrogen-bond acceptors (Lipinski definition) is 3. The molecule has 0 spiro atoms. The molecule has 2 N–H and O–H groups in total. The third-order valence-electron chi connectivity index (χ3n) is 3.63. The standard InChI is InChI=1S/C12H12BrN3O3/c13-8-2-1-3-9(14-8)15-11(17)10-7-4-6(7)5-16(10)12(18)19/h1-3,6-7,10H,4-5H2,(H,18,19)(H,14,15,17)/t6-,7-,10-/m0/s1. The molecule has 7 heteroatoms.